The van der Waals surface area contributed by atoms with Crippen molar-refractivity contribution in [3.63, 3.8) is 0 Å². The van der Waals surface area contributed by atoms with Crippen LogP contribution in [0, 0.1) is 11.6 Å². The Morgan fingerprint density at radius 2 is 1.86 bits per heavy atom. The lowest BCUT2D eigenvalue weighted by Crippen LogP contribution is -2.37. The molecule has 0 unspecified atom stereocenters. The number of hydrogen-bond donors (Lipinski definition) is 1. The summed E-state index contributed by atoms with van der Waals surface area (Å²) in [5.74, 6) is -2.87. The molecule has 2 saturated heterocycles. The fourth-order valence-electron chi connectivity index (χ4n) is 3.61. The van der Waals surface area contributed by atoms with Gasteiger partial charge in [-0.1, -0.05) is 13.3 Å². The van der Waals surface area contributed by atoms with Gasteiger partial charge in [0.05, 0.1) is 23.7 Å². The Bertz CT molecular complexity index is 869. The number of unbranched alkanes of at least 4 members (excludes halogenated alkanes) is 1. The average Bonchev–Trinajstić information content (AvgIpc) is 3.04. The molecule has 1 atom stereocenters. The molecular weight excluding hydrogens is 406 g/mol. The van der Waals surface area contributed by atoms with E-state index in [0.717, 1.165) is 29.9 Å². The molecular formula is C19H24F2N2O5S. The van der Waals surface area contributed by atoms with Crippen LogP contribution >= 0.6 is 0 Å². The van der Waals surface area contributed by atoms with E-state index in [1.807, 2.05) is 6.92 Å². The SMILES string of the molecule is CCCCNC(=O)[C@H]1CN(c2cc(F)c(C3CCS(=O)(=O)CC3)c(F)c2)C(=O)O1. The van der Waals surface area contributed by atoms with Gasteiger partial charge < -0.3 is 10.1 Å². The number of sulfone groups is 1. The number of nitrogens with one attached hydrogen (secondary N) is 1. The summed E-state index contributed by atoms with van der Waals surface area (Å²) in [6.07, 6.45) is 0.0953. The lowest BCUT2D eigenvalue weighted by Gasteiger charge is -2.24. The predicted molar refractivity (Wildman–Crippen MR) is 103 cm³/mol. The lowest BCUT2D eigenvalue weighted by molar-refractivity contribution is -0.127. The van der Waals surface area contributed by atoms with E-state index >= 15 is 0 Å². The maximum absolute atomic E-state index is 14.7. The van der Waals surface area contributed by atoms with Crippen molar-refractivity contribution in [2.75, 3.05) is 29.5 Å². The molecule has 0 spiro atoms. The highest BCUT2D eigenvalue weighted by molar-refractivity contribution is 7.91. The number of hydrogen-bond acceptors (Lipinski definition) is 5. The Morgan fingerprint density at radius 1 is 1.24 bits per heavy atom. The number of amides is 2. The third-order valence-electron chi connectivity index (χ3n) is 5.27. The van der Waals surface area contributed by atoms with E-state index in [-0.39, 0.29) is 42.1 Å². The van der Waals surface area contributed by atoms with Crippen molar-refractivity contribution in [1.82, 2.24) is 5.32 Å². The Balaban J connectivity index is 1.73. The molecule has 160 valence electrons. The van der Waals surface area contributed by atoms with E-state index in [0.29, 0.717) is 6.54 Å². The van der Waals surface area contributed by atoms with Gasteiger partial charge in [0.15, 0.2) is 6.10 Å². The van der Waals surface area contributed by atoms with E-state index in [1.54, 1.807) is 0 Å². The molecule has 1 N–H and O–H groups in total. The highest BCUT2D eigenvalue weighted by atomic mass is 32.2. The van der Waals surface area contributed by atoms with Gasteiger partial charge in [0, 0.05) is 12.1 Å². The van der Waals surface area contributed by atoms with Crippen LogP contribution in [0.4, 0.5) is 19.3 Å². The first-order chi connectivity index (χ1) is 13.7. The van der Waals surface area contributed by atoms with Crippen LogP contribution in [-0.2, 0) is 19.4 Å². The van der Waals surface area contributed by atoms with E-state index in [2.05, 4.69) is 5.32 Å². The maximum Gasteiger partial charge on any atom is 0.415 e. The van der Waals surface area contributed by atoms with Crippen LogP contribution in [0.2, 0.25) is 0 Å². The van der Waals surface area contributed by atoms with Gasteiger partial charge >= 0.3 is 6.09 Å². The predicted octanol–water partition coefficient (Wildman–Crippen LogP) is 2.50. The van der Waals surface area contributed by atoms with Crippen LogP contribution in [0.15, 0.2) is 12.1 Å². The minimum atomic E-state index is -3.15. The molecule has 2 heterocycles. The third kappa shape index (κ3) is 4.85. The van der Waals surface area contributed by atoms with Gasteiger partial charge in [0.2, 0.25) is 0 Å². The summed E-state index contributed by atoms with van der Waals surface area (Å²) >= 11 is 0. The standard InChI is InChI=1S/C19H24F2N2O5S/c1-2-3-6-22-18(24)16-11-23(19(25)28-16)13-9-14(20)17(15(21)10-13)12-4-7-29(26,27)8-5-12/h9-10,12,16H,2-8,11H2,1H3,(H,22,24)/t16-/m1/s1. The second-order valence-electron chi connectivity index (χ2n) is 7.38. The molecule has 1 aromatic carbocycles. The third-order valence-corrected chi connectivity index (χ3v) is 6.99. The summed E-state index contributed by atoms with van der Waals surface area (Å²) in [7, 11) is -3.15. The summed E-state index contributed by atoms with van der Waals surface area (Å²) in [6, 6.07) is 2.06. The first kappa shape index (κ1) is 21.5. The zero-order valence-electron chi connectivity index (χ0n) is 16.1. The second-order valence-corrected chi connectivity index (χ2v) is 9.68. The number of halogens is 2. The molecule has 0 bridgehead atoms. The smallest absolute Gasteiger partial charge is 0.415 e. The van der Waals surface area contributed by atoms with E-state index < -0.39 is 45.5 Å². The van der Waals surface area contributed by atoms with Crippen LogP contribution in [0.25, 0.3) is 0 Å². The normalized spacial score (nSPS) is 21.8. The minimum Gasteiger partial charge on any atom is -0.434 e. The Labute approximate surface area is 168 Å². The molecule has 0 radical (unpaired) electrons. The minimum absolute atomic E-state index is 0.0407. The highest BCUT2D eigenvalue weighted by Gasteiger charge is 2.38. The monoisotopic (exact) mass is 430 g/mol. The zero-order chi connectivity index (χ0) is 21.2. The van der Waals surface area contributed by atoms with Gasteiger partial charge in [0.25, 0.3) is 5.91 Å². The average molecular weight is 430 g/mol. The maximum atomic E-state index is 14.7. The van der Waals surface area contributed by atoms with E-state index in [9.17, 15) is 26.8 Å². The summed E-state index contributed by atoms with van der Waals surface area (Å²) in [5.41, 5.74) is -0.203. The molecule has 7 nitrogen and oxygen atoms in total. The van der Waals surface area contributed by atoms with Crippen LogP contribution in [0.1, 0.15) is 44.1 Å². The first-order valence-electron chi connectivity index (χ1n) is 9.67. The molecule has 2 aliphatic rings. The number of cyclic esters (lactones) is 1. The van der Waals surface area contributed by atoms with Gasteiger partial charge in [0.1, 0.15) is 21.5 Å². The molecule has 29 heavy (non-hydrogen) atoms. The number of carbonyl (C=O) groups is 2. The molecule has 2 fully saturated rings. The molecule has 0 aliphatic carbocycles. The molecule has 0 aromatic heterocycles. The Kier molecular flexibility index (Phi) is 6.40. The summed E-state index contributed by atoms with van der Waals surface area (Å²) in [5, 5.41) is 2.66. The van der Waals surface area contributed by atoms with Crippen molar-refractivity contribution < 1.29 is 31.5 Å². The molecule has 2 aliphatic heterocycles. The Hall–Kier alpha value is -2.23. The number of ether oxygens (including phenoxy) is 1. The molecule has 1 aromatic rings. The number of nitrogens with zero attached hydrogens (tertiary/aromatic N) is 1. The summed E-state index contributed by atoms with van der Waals surface area (Å²) < 4.78 is 57.5. The van der Waals surface area contributed by atoms with Crippen LogP contribution in [0.5, 0.6) is 0 Å². The first-order valence-corrected chi connectivity index (χ1v) is 11.5. The quantitative estimate of drug-likeness (QED) is 0.700. The fraction of sp³-hybridized carbons (Fsp3) is 0.579. The van der Waals surface area contributed by atoms with E-state index in [1.165, 1.54) is 0 Å². The van der Waals surface area contributed by atoms with Gasteiger partial charge in [-0.25, -0.2) is 22.0 Å². The molecule has 2 amide bonds. The largest absolute Gasteiger partial charge is 0.434 e. The van der Waals surface area contributed by atoms with Crippen molar-refractivity contribution in [3.8, 4) is 0 Å². The van der Waals surface area contributed by atoms with Gasteiger partial charge in [-0.05, 0) is 37.3 Å². The van der Waals surface area contributed by atoms with Crippen LogP contribution in [0.3, 0.4) is 0 Å². The summed E-state index contributed by atoms with van der Waals surface area (Å²) in [4.78, 5) is 25.2. The fourth-order valence-corrected chi connectivity index (χ4v) is 5.10. The number of rotatable bonds is 6. The number of carbonyl (C=O) groups excluding carboxylic acids is 2. The zero-order valence-corrected chi connectivity index (χ0v) is 16.9. The van der Waals surface area contributed by atoms with Gasteiger partial charge in [-0.15, -0.1) is 0 Å². The van der Waals surface area contributed by atoms with E-state index in [4.69, 9.17) is 4.74 Å². The van der Waals surface area contributed by atoms with Crippen molar-refractivity contribution in [2.45, 2.75) is 44.6 Å². The van der Waals surface area contributed by atoms with Gasteiger partial charge in [-0.2, -0.15) is 0 Å². The molecule has 3 rings (SSSR count). The van der Waals surface area contributed by atoms with Crippen molar-refractivity contribution in [2.24, 2.45) is 0 Å². The number of anilines is 1. The number of benzene rings is 1. The second kappa shape index (κ2) is 8.64. The highest BCUT2D eigenvalue weighted by Crippen LogP contribution is 2.35. The van der Waals surface area contributed by atoms with Gasteiger partial charge in [-0.3, -0.25) is 9.69 Å². The van der Waals surface area contributed by atoms with Crippen LogP contribution < -0.4 is 10.2 Å². The Morgan fingerprint density at radius 3 is 2.45 bits per heavy atom. The van der Waals surface area contributed by atoms with Crippen molar-refractivity contribution >= 4 is 27.5 Å². The van der Waals surface area contributed by atoms with Crippen molar-refractivity contribution in [3.05, 3.63) is 29.3 Å². The summed E-state index contributed by atoms with van der Waals surface area (Å²) in [6.45, 7) is 2.29. The molecule has 0 saturated carbocycles. The van der Waals surface area contributed by atoms with Crippen LogP contribution in [-0.4, -0.2) is 51.1 Å². The molecule has 10 heteroatoms. The van der Waals surface area contributed by atoms with Crippen molar-refractivity contribution in [1.29, 1.82) is 0 Å². The lowest BCUT2D eigenvalue weighted by atomic mass is 9.92. The topological polar surface area (TPSA) is 92.8 Å².